The number of hydrogen-bond donors (Lipinski definition) is 1. The van der Waals surface area contributed by atoms with Crippen LogP contribution >= 0.6 is 34.9 Å². The van der Waals surface area contributed by atoms with Gasteiger partial charge in [0.2, 0.25) is 0 Å². The highest BCUT2D eigenvalue weighted by atomic mass is 35.5. The molecular formula is C13H16Cl2N4S. The van der Waals surface area contributed by atoms with E-state index in [2.05, 4.69) is 26.0 Å². The third kappa shape index (κ3) is 2.86. The molecule has 108 valence electrons. The molecule has 0 amide bonds. The van der Waals surface area contributed by atoms with Crippen molar-refractivity contribution < 1.29 is 0 Å². The highest BCUT2D eigenvalue weighted by molar-refractivity contribution is 7.00. The van der Waals surface area contributed by atoms with E-state index in [-0.39, 0.29) is 0 Å². The van der Waals surface area contributed by atoms with Gasteiger partial charge in [-0.25, -0.2) is 0 Å². The van der Waals surface area contributed by atoms with Crippen molar-refractivity contribution in [2.45, 2.75) is 12.8 Å². The molecule has 4 nitrogen and oxygen atoms in total. The maximum Gasteiger partial charge on any atom is 0.130 e. The molecule has 1 aliphatic rings. The average Bonchev–Trinajstić information content (AvgIpc) is 2.90. The molecule has 0 spiro atoms. The number of likely N-dealkylation sites (tertiary alicyclic amines) is 1. The van der Waals surface area contributed by atoms with Crippen molar-refractivity contribution in [1.29, 1.82) is 0 Å². The van der Waals surface area contributed by atoms with E-state index in [1.54, 1.807) is 6.07 Å². The minimum atomic E-state index is 0.559. The second-order valence-electron chi connectivity index (χ2n) is 5.30. The van der Waals surface area contributed by atoms with Crippen molar-refractivity contribution in [3.8, 4) is 0 Å². The quantitative estimate of drug-likeness (QED) is 0.930. The number of anilines is 1. The van der Waals surface area contributed by atoms with E-state index < -0.39 is 0 Å². The first-order chi connectivity index (χ1) is 9.65. The van der Waals surface area contributed by atoms with Crippen LogP contribution in [0.4, 0.5) is 5.69 Å². The number of fused-ring (bicyclic) bond motifs is 1. The van der Waals surface area contributed by atoms with Gasteiger partial charge in [0.15, 0.2) is 0 Å². The third-order valence-electron chi connectivity index (χ3n) is 3.85. The Hall–Kier alpha value is -0.620. The Bertz CT molecular complexity index is 608. The van der Waals surface area contributed by atoms with Crippen LogP contribution in [-0.2, 0) is 0 Å². The van der Waals surface area contributed by atoms with Gasteiger partial charge < -0.3 is 10.2 Å². The second-order valence-corrected chi connectivity index (χ2v) is 6.65. The SMILES string of the molecule is CN1CCC(CNc2c(Cl)cc(Cl)c3nsnc23)CC1. The smallest absolute Gasteiger partial charge is 0.130 e. The molecule has 1 aromatic carbocycles. The van der Waals surface area contributed by atoms with E-state index in [4.69, 9.17) is 23.2 Å². The highest BCUT2D eigenvalue weighted by Gasteiger charge is 2.18. The second kappa shape index (κ2) is 6.02. The molecule has 1 N–H and O–H groups in total. The molecule has 20 heavy (non-hydrogen) atoms. The summed E-state index contributed by atoms with van der Waals surface area (Å²) in [6.07, 6.45) is 2.43. The van der Waals surface area contributed by atoms with Crippen LogP contribution in [0.25, 0.3) is 11.0 Å². The zero-order valence-electron chi connectivity index (χ0n) is 11.2. The largest absolute Gasteiger partial charge is 0.382 e. The molecule has 7 heteroatoms. The van der Waals surface area contributed by atoms with Crippen molar-refractivity contribution in [2.75, 3.05) is 32.0 Å². The first-order valence-corrected chi connectivity index (χ1v) is 8.16. The van der Waals surface area contributed by atoms with Crippen molar-refractivity contribution in [2.24, 2.45) is 5.92 Å². The summed E-state index contributed by atoms with van der Waals surface area (Å²) in [6.45, 7) is 3.24. The zero-order chi connectivity index (χ0) is 14.1. The van der Waals surface area contributed by atoms with Gasteiger partial charge in [-0.05, 0) is 45.0 Å². The molecule has 0 atom stereocenters. The molecule has 0 unspecified atom stereocenters. The van der Waals surface area contributed by atoms with Gasteiger partial charge in [0.25, 0.3) is 0 Å². The van der Waals surface area contributed by atoms with E-state index in [9.17, 15) is 0 Å². The lowest BCUT2D eigenvalue weighted by molar-refractivity contribution is 0.226. The first kappa shape index (κ1) is 14.3. The van der Waals surface area contributed by atoms with E-state index in [1.807, 2.05) is 0 Å². The van der Waals surface area contributed by atoms with Crippen molar-refractivity contribution in [3.63, 3.8) is 0 Å². The summed E-state index contributed by atoms with van der Waals surface area (Å²) in [5, 5.41) is 4.62. The van der Waals surface area contributed by atoms with E-state index in [0.29, 0.717) is 16.0 Å². The van der Waals surface area contributed by atoms with Crippen LogP contribution in [0.5, 0.6) is 0 Å². The van der Waals surface area contributed by atoms with Gasteiger partial charge in [0.05, 0.1) is 27.5 Å². The first-order valence-electron chi connectivity index (χ1n) is 6.68. The van der Waals surface area contributed by atoms with Gasteiger partial charge in [-0.2, -0.15) is 8.75 Å². The molecule has 1 aliphatic heterocycles. The fourth-order valence-electron chi connectivity index (χ4n) is 2.55. The van der Waals surface area contributed by atoms with Crippen LogP contribution in [0.3, 0.4) is 0 Å². The van der Waals surface area contributed by atoms with Gasteiger partial charge >= 0.3 is 0 Å². The molecule has 0 aliphatic carbocycles. The van der Waals surface area contributed by atoms with Crippen LogP contribution < -0.4 is 5.32 Å². The summed E-state index contributed by atoms with van der Waals surface area (Å²) in [5.41, 5.74) is 2.37. The molecular weight excluding hydrogens is 315 g/mol. The predicted molar refractivity (Wildman–Crippen MR) is 86.1 cm³/mol. The van der Waals surface area contributed by atoms with Crippen LogP contribution in [0.15, 0.2) is 6.07 Å². The summed E-state index contributed by atoms with van der Waals surface area (Å²) < 4.78 is 8.53. The Kier molecular flexibility index (Phi) is 4.31. The Morgan fingerprint density at radius 2 is 1.95 bits per heavy atom. The zero-order valence-corrected chi connectivity index (χ0v) is 13.5. The molecule has 3 rings (SSSR count). The topological polar surface area (TPSA) is 41.0 Å². The van der Waals surface area contributed by atoms with Crippen LogP contribution in [-0.4, -0.2) is 40.3 Å². The van der Waals surface area contributed by atoms with Crippen LogP contribution in [0.1, 0.15) is 12.8 Å². The average molecular weight is 331 g/mol. The Labute approximate surface area is 132 Å². The Morgan fingerprint density at radius 1 is 1.25 bits per heavy atom. The number of aromatic nitrogens is 2. The monoisotopic (exact) mass is 330 g/mol. The molecule has 0 saturated carbocycles. The molecule has 1 aromatic heterocycles. The van der Waals surface area contributed by atoms with Gasteiger partial charge in [-0.1, -0.05) is 23.2 Å². The lowest BCUT2D eigenvalue weighted by Crippen LogP contribution is -2.33. The summed E-state index contributed by atoms with van der Waals surface area (Å²) in [5.74, 6) is 0.680. The summed E-state index contributed by atoms with van der Waals surface area (Å²) in [7, 11) is 2.17. The standard InChI is InChI=1S/C13H16Cl2N4S/c1-19-4-2-8(3-5-19)7-16-11-9(14)6-10(15)12-13(11)18-20-17-12/h6,8,16H,2-5,7H2,1H3. The summed E-state index contributed by atoms with van der Waals surface area (Å²) in [6, 6.07) is 1.74. The fourth-order valence-corrected chi connectivity index (χ4v) is 3.73. The summed E-state index contributed by atoms with van der Waals surface area (Å²) in [4.78, 5) is 2.37. The molecule has 1 fully saturated rings. The van der Waals surface area contributed by atoms with Crippen molar-refractivity contribution in [3.05, 3.63) is 16.1 Å². The van der Waals surface area contributed by atoms with Gasteiger partial charge in [-0.15, -0.1) is 0 Å². The predicted octanol–water partition coefficient (Wildman–Crippen LogP) is 3.75. The van der Waals surface area contributed by atoms with E-state index >= 15 is 0 Å². The molecule has 0 radical (unpaired) electrons. The number of halogens is 2. The number of piperidine rings is 1. The minimum absolute atomic E-state index is 0.559. The number of rotatable bonds is 3. The molecule has 1 saturated heterocycles. The van der Waals surface area contributed by atoms with Crippen LogP contribution in [0, 0.1) is 5.92 Å². The number of nitrogens with one attached hydrogen (secondary N) is 1. The Balaban J connectivity index is 1.76. The van der Waals surface area contributed by atoms with Crippen LogP contribution in [0.2, 0.25) is 10.0 Å². The van der Waals surface area contributed by atoms with Gasteiger partial charge in [-0.3, -0.25) is 0 Å². The fraction of sp³-hybridized carbons (Fsp3) is 0.538. The molecule has 2 heterocycles. The lowest BCUT2D eigenvalue weighted by atomic mass is 9.97. The molecule has 0 bridgehead atoms. The number of benzene rings is 1. The van der Waals surface area contributed by atoms with Crippen molar-refractivity contribution >= 4 is 51.7 Å². The van der Waals surface area contributed by atoms with Gasteiger partial charge in [0.1, 0.15) is 11.0 Å². The maximum absolute atomic E-state index is 6.29. The molecule has 2 aromatic rings. The summed E-state index contributed by atoms with van der Waals surface area (Å²) >= 11 is 13.6. The van der Waals surface area contributed by atoms with E-state index in [0.717, 1.165) is 48.1 Å². The maximum atomic E-state index is 6.29. The normalized spacial score (nSPS) is 17.8. The van der Waals surface area contributed by atoms with E-state index in [1.165, 1.54) is 12.8 Å². The van der Waals surface area contributed by atoms with Crippen molar-refractivity contribution in [1.82, 2.24) is 13.6 Å². The lowest BCUT2D eigenvalue weighted by Gasteiger charge is -2.29. The number of nitrogens with zero attached hydrogens (tertiary/aromatic N) is 3. The third-order valence-corrected chi connectivity index (χ3v) is 4.96. The van der Waals surface area contributed by atoms with Gasteiger partial charge in [0, 0.05) is 6.54 Å². The minimum Gasteiger partial charge on any atom is -0.382 e. The Morgan fingerprint density at radius 3 is 2.70 bits per heavy atom. The number of hydrogen-bond acceptors (Lipinski definition) is 5. The highest BCUT2D eigenvalue weighted by Crippen LogP contribution is 2.35.